The lowest BCUT2D eigenvalue weighted by Gasteiger charge is -1.98. The van der Waals surface area contributed by atoms with Gasteiger partial charge in [0, 0.05) is 10.9 Å². The third-order valence-corrected chi connectivity index (χ3v) is 2.50. The maximum absolute atomic E-state index is 10.8. The van der Waals surface area contributed by atoms with Crippen molar-refractivity contribution in [3.63, 3.8) is 0 Å². The van der Waals surface area contributed by atoms with E-state index in [4.69, 9.17) is 4.74 Å². The standard InChI is InChI=1S/C10H9NO2S/c1-13-6-2-3-9-7(4-6)8(5-12)10(14)11-9/h2-5,11,14H,1H3. The van der Waals surface area contributed by atoms with Crippen molar-refractivity contribution < 1.29 is 9.53 Å². The van der Waals surface area contributed by atoms with E-state index in [1.807, 2.05) is 18.2 Å². The molecule has 2 aromatic rings. The Hall–Kier alpha value is -1.42. The zero-order chi connectivity index (χ0) is 10.1. The summed E-state index contributed by atoms with van der Waals surface area (Å²) in [5.41, 5.74) is 1.46. The highest BCUT2D eigenvalue weighted by molar-refractivity contribution is 7.80. The summed E-state index contributed by atoms with van der Waals surface area (Å²) in [7, 11) is 1.59. The Bertz CT molecular complexity index is 490. The monoisotopic (exact) mass is 207 g/mol. The van der Waals surface area contributed by atoms with E-state index in [-0.39, 0.29) is 0 Å². The number of rotatable bonds is 2. The highest BCUT2D eigenvalue weighted by atomic mass is 32.1. The molecule has 1 aromatic carbocycles. The Morgan fingerprint density at radius 2 is 2.29 bits per heavy atom. The van der Waals surface area contributed by atoms with Crippen molar-refractivity contribution in [3.8, 4) is 5.75 Å². The second-order valence-electron chi connectivity index (χ2n) is 2.92. The van der Waals surface area contributed by atoms with Crippen LogP contribution in [0, 0.1) is 0 Å². The van der Waals surface area contributed by atoms with E-state index in [9.17, 15) is 4.79 Å². The lowest BCUT2D eigenvalue weighted by atomic mass is 10.2. The second-order valence-corrected chi connectivity index (χ2v) is 3.36. The molecule has 3 nitrogen and oxygen atoms in total. The number of thiol groups is 1. The number of nitrogens with one attached hydrogen (secondary N) is 1. The number of carbonyl (C=O) groups excluding carboxylic acids is 1. The number of aldehydes is 1. The molecule has 0 aliphatic heterocycles. The van der Waals surface area contributed by atoms with Crippen LogP contribution in [0.4, 0.5) is 0 Å². The first-order valence-corrected chi connectivity index (χ1v) is 4.55. The Labute approximate surface area is 86.5 Å². The van der Waals surface area contributed by atoms with Crippen LogP contribution in [0.1, 0.15) is 10.4 Å². The van der Waals surface area contributed by atoms with Gasteiger partial charge in [-0.15, -0.1) is 12.6 Å². The molecule has 0 unspecified atom stereocenters. The van der Waals surface area contributed by atoms with Crippen LogP contribution in [0.3, 0.4) is 0 Å². The smallest absolute Gasteiger partial charge is 0.153 e. The molecule has 14 heavy (non-hydrogen) atoms. The number of fused-ring (bicyclic) bond motifs is 1. The van der Waals surface area contributed by atoms with Crippen LogP contribution in [0.15, 0.2) is 23.2 Å². The van der Waals surface area contributed by atoms with E-state index in [1.54, 1.807) is 7.11 Å². The summed E-state index contributed by atoms with van der Waals surface area (Å²) in [5.74, 6) is 0.730. The molecule has 0 fully saturated rings. The second kappa shape index (κ2) is 3.38. The van der Waals surface area contributed by atoms with Gasteiger partial charge in [0.1, 0.15) is 5.75 Å². The van der Waals surface area contributed by atoms with E-state index in [2.05, 4.69) is 17.6 Å². The molecule has 72 valence electrons. The van der Waals surface area contributed by atoms with Crippen molar-refractivity contribution in [2.45, 2.75) is 5.03 Å². The van der Waals surface area contributed by atoms with Gasteiger partial charge in [-0.05, 0) is 18.2 Å². The molecule has 2 rings (SSSR count). The van der Waals surface area contributed by atoms with Crippen molar-refractivity contribution in [2.75, 3.05) is 7.11 Å². The lowest BCUT2D eigenvalue weighted by molar-refractivity contribution is 0.112. The largest absolute Gasteiger partial charge is 0.497 e. The topological polar surface area (TPSA) is 42.1 Å². The van der Waals surface area contributed by atoms with Gasteiger partial charge < -0.3 is 9.72 Å². The van der Waals surface area contributed by atoms with E-state index in [1.165, 1.54) is 0 Å². The summed E-state index contributed by atoms with van der Waals surface area (Å²) in [6.45, 7) is 0. The molecule has 0 atom stereocenters. The van der Waals surface area contributed by atoms with Gasteiger partial charge in [0.25, 0.3) is 0 Å². The Morgan fingerprint density at radius 3 is 2.93 bits per heavy atom. The van der Waals surface area contributed by atoms with Crippen molar-refractivity contribution in [1.82, 2.24) is 4.98 Å². The van der Waals surface area contributed by atoms with Crippen molar-refractivity contribution >= 4 is 29.8 Å². The SMILES string of the molecule is COc1ccc2[nH]c(S)c(C=O)c2c1. The van der Waals surface area contributed by atoms with Gasteiger partial charge in [0.15, 0.2) is 6.29 Å². The van der Waals surface area contributed by atoms with Gasteiger partial charge in [0.2, 0.25) is 0 Å². The first kappa shape index (κ1) is 9.15. The summed E-state index contributed by atoms with van der Waals surface area (Å²) in [5, 5.41) is 1.42. The van der Waals surface area contributed by atoms with Crippen LogP contribution in [0.2, 0.25) is 0 Å². The van der Waals surface area contributed by atoms with Gasteiger partial charge in [-0.1, -0.05) is 0 Å². The summed E-state index contributed by atoms with van der Waals surface area (Å²) >= 11 is 4.17. The maximum Gasteiger partial charge on any atom is 0.153 e. The highest BCUT2D eigenvalue weighted by Gasteiger charge is 2.08. The average molecular weight is 207 g/mol. The van der Waals surface area contributed by atoms with Gasteiger partial charge in [-0.3, -0.25) is 4.79 Å². The molecule has 0 spiro atoms. The van der Waals surface area contributed by atoms with Crippen LogP contribution in [0.5, 0.6) is 5.75 Å². The predicted molar refractivity (Wildman–Crippen MR) is 57.5 cm³/mol. The normalized spacial score (nSPS) is 10.4. The highest BCUT2D eigenvalue weighted by Crippen LogP contribution is 2.26. The third kappa shape index (κ3) is 1.28. The number of ether oxygens (including phenoxy) is 1. The molecule has 0 aliphatic rings. The Morgan fingerprint density at radius 1 is 1.50 bits per heavy atom. The fraction of sp³-hybridized carbons (Fsp3) is 0.100. The van der Waals surface area contributed by atoms with Crippen LogP contribution in [-0.4, -0.2) is 18.4 Å². The molecule has 0 bridgehead atoms. The van der Waals surface area contributed by atoms with E-state index < -0.39 is 0 Å². The quantitative estimate of drug-likeness (QED) is 0.586. The number of benzene rings is 1. The Kier molecular flexibility index (Phi) is 2.21. The van der Waals surface area contributed by atoms with Crippen molar-refractivity contribution in [3.05, 3.63) is 23.8 Å². The molecule has 0 aliphatic carbocycles. The van der Waals surface area contributed by atoms with E-state index in [0.717, 1.165) is 22.9 Å². The molecule has 0 saturated heterocycles. The minimum absolute atomic E-state index is 0.572. The minimum Gasteiger partial charge on any atom is -0.497 e. The summed E-state index contributed by atoms with van der Waals surface area (Å²) < 4.78 is 5.08. The number of H-pyrrole nitrogens is 1. The van der Waals surface area contributed by atoms with E-state index >= 15 is 0 Å². The number of hydrogen-bond acceptors (Lipinski definition) is 3. The fourth-order valence-electron chi connectivity index (χ4n) is 1.42. The number of aromatic nitrogens is 1. The maximum atomic E-state index is 10.8. The van der Waals surface area contributed by atoms with Gasteiger partial charge >= 0.3 is 0 Å². The average Bonchev–Trinajstić information content (AvgIpc) is 2.52. The predicted octanol–water partition coefficient (Wildman–Crippen LogP) is 2.28. The van der Waals surface area contributed by atoms with Gasteiger partial charge in [-0.2, -0.15) is 0 Å². The minimum atomic E-state index is 0.572. The molecule has 0 amide bonds. The molecular formula is C10H9NO2S. The number of hydrogen-bond donors (Lipinski definition) is 2. The first-order chi connectivity index (χ1) is 6.76. The zero-order valence-electron chi connectivity index (χ0n) is 7.57. The number of methoxy groups -OCH3 is 1. The molecule has 1 heterocycles. The van der Waals surface area contributed by atoms with Crippen LogP contribution < -0.4 is 4.74 Å². The molecule has 4 heteroatoms. The third-order valence-electron chi connectivity index (χ3n) is 2.14. The molecular weight excluding hydrogens is 198 g/mol. The van der Waals surface area contributed by atoms with Crippen LogP contribution in [-0.2, 0) is 0 Å². The summed E-state index contributed by atoms with van der Waals surface area (Å²) in [6.07, 6.45) is 0.792. The lowest BCUT2D eigenvalue weighted by Crippen LogP contribution is -1.82. The van der Waals surface area contributed by atoms with E-state index in [0.29, 0.717) is 10.6 Å². The van der Waals surface area contributed by atoms with Crippen molar-refractivity contribution in [1.29, 1.82) is 0 Å². The van der Waals surface area contributed by atoms with Crippen LogP contribution in [0.25, 0.3) is 10.9 Å². The number of aromatic amines is 1. The first-order valence-electron chi connectivity index (χ1n) is 4.10. The van der Waals surface area contributed by atoms with Gasteiger partial charge in [-0.25, -0.2) is 0 Å². The molecule has 0 radical (unpaired) electrons. The summed E-state index contributed by atoms with van der Waals surface area (Å²) in [6, 6.07) is 5.51. The van der Waals surface area contributed by atoms with Gasteiger partial charge in [0.05, 0.1) is 17.7 Å². The molecule has 0 saturated carbocycles. The summed E-state index contributed by atoms with van der Waals surface area (Å²) in [4.78, 5) is 13.8. The van der Waals surface area contributed by atoms with Crippen LogP contribution >= 0.6 is 12.6 Å². The molecule has 1 N–H and O–H groups in total. The van der Waals surface area contributed by atoms with Crippen molar-refractivity contribution in [2.24, 2.45) is 0 Å². The Balaban J connectivity index is 2.77. The fourth-order valence-corrected chi connectivity index (χ4v) is 1.72. The zero-order valence-corrected chi connectivity index (χ0v) is 8.47. The number of carbonyl (C=O) groups is 1. The molecule has 1 aromatic heterocycles.